The molecule has 10 heteroatoms. The fourth-order valence-corrected chi connectivity index (χ4v) is 6.18. The van der Waals surface area contributed by atoms with Crippen molar-refractivity contribution in [2.75, 3.05) is 43.5 Å². The van der Waals surface area contributed by atoms with Crippen molar-refractivity contribution in [3.8, 4) is 0 Å². The fraction of sp³-hybridized carbons (Fsp3) is 0.364. The molecule has 1 fully saturated rings. The molecular formula is C22H23N3O5S2. The van der Waals surface area contributed by atoms with Crippen LogP contribution in [0.5, 0.6) is 0 Å². The number of nitrogens with zero attached hydrogens (tertiary/aromatic N) is 3. The van der Waals surface area contributed by atoms with Crippen LogP contribution in [0.1, 0.15) is 12.0 Å². The number of thioether (sulfide) groups is 1. The van der Waals surface area contributed by atoms with Crippen LogP contribution in [0.15, 0.2) is 57.0 Å². The average Bonchev–Trinajstić information content (AvgIpc) is 3.25. The van der Waals surface area contributed by atoms with E-state index in [9.17, 15) is 13.2 Å². The normalized spacial score (nSPS) is 17.4. The molecule has 0 radical (unpaired) electrons. The number of anilines is 1. The van der Waals surface area contributed by atoms with Crippen molar-refractivity contribution in [3.63, 3.8) is 0 Å². The van der Waals surface area contributed by atoms with Gasteiger partial charge in [-0.05, 0) is 42.7 Å². The first-order valence-corrected chi connectivity index (χ1v) is 12.9. The average molecular weight is 474 g/mol. The minimum atomic E-state index is -3.61. The van der Waals surface area contributed by atoms with Crippen molar-refractivity contribution >= 4 is 44.5 Å². The SMILES string of the molecule is O=C(CSc1nc2cc(S(=O)(=O)N3CCOCC3)ccc2o1)N1CCCc2ccccc21. The summed E-state index contributed by atoms with van der Waals surface area (Å²) in [6.07, 6.45) is 1.92. The Morgan fingerprint density at radius 2 is 1.91 bits per heavy atom. The number of carbonyl (C=O) groups excluding carboxylic acids is 1. The van der Waals surface area contributed by atoms with Crippen molar-refractivity contribution in [2.45, 2.75) is 23.0 Å². The van der Waals surface area contributed by atoms with Crippen molar-refractivity contribution in [3.05, 3.63) is 48.0 Å². The zero-order chi connectivity index (χ0) is 22.1. The summed E-state index contributed by atoms with van der Waals surface area (Å²) in [5, 5.41) is 0.347. The molecule has 1 aromatic heterocycles. The highest BCUT2D eigenvalue weighted by Gasteiger charge is 2.27. The summed E-state index contributed by atoms with van der Waals surface area (Å²) in [7, 11) is -3.61. The molecule has 8 nitrogen and oxygen atoms in total. The largest absolute Gasteiger partial charge is 0.431 e. The molecule has 0 unspecified atom stereocenters. The number of aromatic nitrogens is 1. The van der Waals surface area contributed by atoms with E-state index < -0.39 is 10.0 Å². The van der Waals surface area contributed by atoms with E-state index in [4.69, 9.17) is 9.15 Å². The topological polar surface area (TPSA) is 92.9 Å². The van der Waals surface area contributed by atoms with Crippen LogP contribution in [-0.2, 0) is 26.0 Å². The molecule has 0 atom stereocenters. The lowest BCUT2D eigenvalue weighted by Crippen LogP contribution is -2.40. The van der Waals surface area contributed by atoms with Gasteiger partial charge in [0.15, 0.2) is 5.58 Å². The summed E-state index contributed by atoms with van der Waals surface area (Å²) in [6, 6.07) is 12.6. The smallest absolute Gasteiger partial charge is 0.257 e. The van der Waals surface area contributed by atoms with E-state index in [1.807, 2.05) is 23.1 Å². The highest BCUT2D eigenvalue weighted by Crippen LogP contribution is 2.30. The van der Waals surface area contributed by atoms with E-state index in [1.54, 1.807) is 6.07 Å². The molecule has 0 N–H and O–H groups in total. The van der Waals surface area contributed by atoms with Gasteiger partial charge in [0, 0.05) is 25.3 Å². The predicted octanol–water partition coefficient (Wildman–Crippen LogP) is 2.92. The number of aryl methyl sites for hydroxylation is 1. The fourth-order valence-electron chi connectivity index (χ4n) is 4.04. The maximum atomic E-state index is 12.9. The van der Waals surface area contributed by atoms with Crippen LogP contribution < -0.4 is 4.90 Å². The van der Waals surface area contributed by atoms with Crippen LogP contribution in [0.2, 0.25) is 0 Å². The monoisotopic (exact) mass is 473 g/mol. The zero-order valence-corrected chi connectivity index (χ0v) is 19.0. The Morgan fingerprint density at radius 3 is 2.75 bits per heavy atom. The Bertz CT molecular complexity index is 1250. The molecule has 32 heavy (non-hydrogen) atoms. The maximum Gasteiger partial charge on any atom is 0.257 e. The Hall–Kier alpha value is -2.40. The van der Waals surface area contributed by atoms with Crippen LogP contribution in [-0.4, -0.2) is 62.2 Å². The first-order valence-electron chi connectivity index (χ1n) is 10.5. The minimum absolute atomic E-state index is 0.00000893. The standard InChI is InChI=1S/C22H23N3O5S2/c26-21(25-9-3-5-16-4-1-2-6-19(16)25)15-31-22-23-18-14-17(7-8-20(18)30-22)32(27,28)24-10-12-29-13-11-24/h1-2,4,6-8,14H,3,5,9-13,15H2. The van der Waals surface area contributed by atoms with Gasteiger partial charge in [0.2, 0.25) is 15.9 Å². The highest BCUT2D eigenvalue weighted by molar-refractivity contribution is 7.99. The zero-order valence-electron chi connectivity index (χ0n) is 17.4. The molecule has 3 aromatic rings. The van der Waals surface area contributed by atoms with Gasteiger partial charge in [-0.15, -0.1) is 0 Å². The summed E-state index contributed by atoms with van der Waals surface area (Å²) in [5.41, 5.74) is 3.11. The number of rotatable bonds is 5. The number of para-hydroxylation sites is 1. The number of amides is 1. The van der Waals surface area contributed by atoms with E-state index in [2.05, 4.69) is 11.1 Å². The number of morpholine rings is 1. The molecular weight excluding hydrogens is 450 g/mol. The number of sulfonamides is 1. The third-order valence-electron chi connectivity index (χ3n) is 5.68. The van der Waals surface area contributed by atoms with Gasteiger partial charge in [-0.25, -0.2) is 13.4 Å². The molecule has 2 aliphatic rings. The van der Waals surface area contributed by atoms with Gasteiger partial charge in [-0.1, -0.05) is 30.0 Å². The van der Waals surface area contributed by atoms with Crippen LogP contribution in [0, 0.1) is 0 Å². The van der Waals surface area contributed by atoms with Gasteiger partial charge < -0.3 is 14.1 Å². The molecule has 0 saturated carbocycles. The quantitative estimate of drug-likeness (QED) is 0.526. The summed E-state index contributed by atoms with van der Waals surface area (Å²) in [5.74, 6) is 0.195. The molecule has 2 aliphatic heterocycles. The summed E-state index contributed by atoms with van der Waals surface area (Å²) in [6.45, 7) is 2.15. The molecule has 1 amide bonds. The van der Waals surface area contributed by atoms with E-state index in [0.29, 0.717) is 49.2 Å². The molecule has 168 valence electrons. The Kier molecular flexibility index (Phi) is 5.93. The number of carbonyl (C=O) groups is 1. The number of hydrogen-bond donors (Lipinski definition) is 0. The van der Waals surface area contributed by atoms with Crippen molar-refractivity contribution in [1.29, 1.82) is 0 Å². The summed E-state index contributed by atoms with van der Waals surface area (Å²) >= 11 is 1.22. The van der Waals surface area contributed by atoms with Crippen molar-refractivity contribution in [1.82, 2.24) is 9.29 Å². The number of hydrogen-bond acceptors (Lipinski definition) is 7. The van der Waals surface area contributed by atoms with E-state index in [0.717, 1.165) is 18.5 Å². The van der Waals surface area contributed by atoms with Crippen LogP contribution in [0.3, 0.4) is 0 Å². The maximum absolute atomic E-state index is 12.9. The van der Waals surface area contributed by atoms with Crippen molar-refractivity contribution < 1.29 is 22.4 Å². The molecule has 1 saturated heterocycles. The van der Waals surface area contributed by atoms with Gasteiger partial charge in [0.1, 0.15) is 5.52 Å². The predicted molar refractivity (Wildman–Crippen MR) is 121 cm³/mol. The minimum Gasteiger partial charge on any atom is -0.431 e. The first kappa shape index (κ1) is 21.4. The Balaban J connectivity index is 1.30. The molecule has 5 rings (SSSR count). The second-order valence-corrected chi connectivity index (χ2v) is 10.6. The third kappa shape index (κ3) is 4.15. The molecule has 0 spiro atoms. The Morgan fingerprint density at radius 1 is 1.09 bits per heavy atom. The van der Waals surface area contributed by atoms with Gasteiger partial charge in [0.05, 0.1) is 23.9 Å². The molecule has 3 heterocycles. The van der Waals surface area contributed by atoms with Crippen molar-refractivity contribution in [2.24, 2.45) is 0 Å². The molecule has 0 aliphatic carbocycles. The number of ether oxygens (including phenoxy) is 1. The van der Waals surface area contributed by atoms with Gasteiger partial charge >= 0.3 is 0 Å². The third-order valence-corrected chi connectivity index (χ3v) is 8.39. The number of oxazole rings is 1. The van der Waals surface area contributed by atoms with Crippen LogP contribution >= 0.6 is 11.8 Å². The second kappa shape index (κ2) is 8.86. The van der Waals surface area contributed by atoms with E-state index in [-0.39, 0.29) is 16.6 Å². The lowest BCUT2D eigenvalue weighted by molar-refractivity contribution is -0.116. The summed E-state index contributed by atoms with van der Waals surface area (Å²) in [4.78, 5) is 19.3. The highest BCUT2D eigenvalue weighted by atomic mass is 32.2. The Labute approximate surface area is 190 Å². The second-order valence-electron chi connectivity index (χ2n) is 7.69. The number of fused-ring (bicyclic) bond motifs is 2. The molecule has 0 bridgehead atoms. The van der Waals surface area contributed by atoms with E-state index >= 15 is 0 Å². The lowest BCUT2D eigenvalue weighted by Gasteiger charge is -2.29. The van der Waals surface area contributed by atoms with Crippen LogP contribution in [0.4, 0.5) is 5.69 Å². The molecule has 2 aromatic carbocycles. The number of benzene rings is 2. The summed E-state index contributed by atoms with van der Waals surface area (Å²) < 4.78 is 38.2. The van der Waals surface area contributed by atoms with E-state index in [1.165, 1.54) is 33.8 Å². The van der Waals surface area contributed by atoms with Gasteiger partial charge in [0.25, 0.3) is 5.22 Å². The van der Waals surface area contributed by atoms with Gasteiger partial charge in [-0.3, -0.25) is 4.79 Å². The van der Waals surface area contributed by atoms with Crippen LogP contribution in [0.25, 0.3) is 11.1 Å². The first-order chi connectivity index (χ1) is 15.5. The van der Waals surface area contributed by atoms with Gasteiger partial charge in [-0.2, -0.15) is 4.31 Å². The lowest BCUT2D eigenvalue weighted by atomic mass is 10.0.